The fraction of sp³-hybridized carbons (Fsp3) is 0.400. The van der Waals surface area contributed by atoms with Gasteiger partial charge in [0.1, 0.15) is 0 Å². The van der Waals surface area contributed by atoms with E-state index >= 15 is 0 Å². The van der Waals surface area contributed by atoms with Gasteiger partial charge in [-0.3, -0.25) is 0 Å². The van der Waals surface area contributed by atoms with Gasteiger partial charge in [0.2, 0.25) is 0 Å². The predicted octanol–water partition coefficient (Wildman–Crippen LogP) is 11.5. The van der Waals surface area contributed by atoms with Crippen molar-refractivity contribution in [2.45, 2.75) is 102 Å². The van der Waals surface area contributed by atoms with Gasteiger partial charge >= 0.3 is 19.1 Å². The third-order valence-corrected chi connectivity index (χ3v) is 13.9. The summed E-state index contributed by atoms with van der Waals surface area (Å²) in [6.07, 6.45) is 9.98. The van der Waals surface area contributed by atoms with E-state index in [4.69, 9.17) is 18.8 Å². The number of aromatic nitrogens is 2. The molecule has 0 unspecified atom stereocenters. The van der Waals surface area contributed by atoms with E-state index in [1.165, 1.54) is 102 Å². The molecule has 1 saturated heterocycles. The molecule has 0 atom stereocenters. The SMILES string of the molecule is COC(=O)c1ccc2c(C3CCCC3)c(-c3ccccc3)n(C)c2c1.COC(=O)c1ccc2c(C3CCCC3)c(B3OC(C)(C)C(C)(C)O3)n(C)c2c1.Ic1ccccc1. The highest BCUT2D eigenvalue weighted by molar-refractivity contribution is 14.1. The van der Waals surface area contributed by atoms with Gasteiger partial charge in [0.25, 0.3) is 0 Å². The van der Waals surface area contributed by atoms with Crippen molar-refractivity contribution in [1.29, 1.82) is 0 Å². The summed E-state index contributed by atoms with van der Waals surface area (Å²) in [7, 11) is 6.57. The van der Waals surface area contributed by atoms with Gasteiger partial charge in [-0.15, -0.1) is 0 Å². The van der Waals surface area contributed by atoms with Gasteiger partial charge in [0.05, 0.1) is 47.8 Å². The van der Waals surface area contributed by atoms with Gasteiger partial charge in [-0.25, -0.2) is 9.59 Å². The minimum Gasteiger partial charge on any atom is -0.465 e. The number of methoxy groups -OCH3 is 2. The molecule has 2 aromatic heterocycles. The summed E-state index contributed by atoms with van der Waals surface area (Å²) in [5.74, 6) is 0.499. The number of esters is 2. The van der Waals surface area contributed by atoms with Crippen LogP contribution in [0.4, 0.5) is 0 Å². The second kappa shape index (κ2) is 18.3. The fourth-order valence-electron chi connectivity index (χ4n) is 9.31. The highest BCUT2D eigenvalue weighted by Crippen LogP contribution is 2.45. The van der Waals surface area contributed by atoms with Crippen LogP contribution in [0.5, 0.6) is 0 Å². The molecule has 2 aliphatic carbocycles. The lowest BCUT2D eigenvalue weighted by Crippen LogP contribution is -2.41. The first-order valence-corrected chi connectivity index (χ1v) is 22.4. The van der Waals surface area contributed by atoms with Crippen molar-refractivity contribution >= 4 is 69.0 Å². The standard InChI is InChI=1S/C22H30BNO4.C22H23NO2.C6H5I/c1-21(2)22(3,4)28-23(27-21)19-18(14-9-7-8-10-14)16-12-11-15(20(25)26-6)13-17(16)24(19)5;1-23-19-14-17(22(24)25-2)12-13-18(19)20(15-8-6-7-9-15)21(23)16-10-4-3-5-11-16;7-6-4-2-1-3-5-6/h11-14H,7-10H2,1-6H3;3-5,10-15H,6-9H2,1-2H3;1-5H. The van der Waals surface area contributed by atoms with Crippen LogP contribution < -0.4 is 5.59 Å². The van der Waals surface area contributed by atoms with Gasteiger partial charge < -0.3 is 27.9 Å². The molecule has 3 heterocycles. The zero-order chi connectivity index (χ0) is 42.8. The van der Waals surface area contributed by atoms with Crippen LogP contribution in [0.2, 0.25) is 0 Å². The monoisotopic (exact) mass is 920 g/mol. The number of carbonyl (C=O) groups is 2. The third kappa shape index (κ3) is 8.70. The first-order chi connectivity index (χ1) is 28.8. The molecule has 0 radical (unpaired) electrons. The van der Waals surface area contributed by atoms with E-state index in [0.717, 1.165) is 16.6 Å². The first-order valence-electron chi connectivity index (χ1n) is 21.3. The van der Waals surface area contributed by atoms with Crippen molar-refractivity contribution in [3.8, 4) is 11.3 Å². The zero-order valence-electron chi connectivity index (χ0n) is 36.3. The van der Waals surface area contributed by atoms with E-state index in [0.29, 0.717) is 23.0 Å². The highest BCUT2D eigenvalue weighted by Gasteiger charge is 2.53. The van der Waals surface area contributed by atoms with Gasteiger partial charge in [0.15, 0.2) is 0 Å². The molecule has 0 bridgehead atoms. The summed E-state index contributed by atoms with van der Waals surface area (Å²) in [5.41, 5.74) is 8.88. The molecular formula is C50H58BIN2O6. The Labute approximate surface area is 369 Å². The molecular weight excluding hydrogens is 862 g/mol. The summed E-state index contributed by atoms with van der Waals surface area (Å²) in [5, 5.41) is 2.45. The maximum absolute atomic E-state index is 12.1. The van der Waals surface area contributed by atoms with Gasteiger partial charge in [0, 0.05) is 39.5 Å². The van der Waals surface area contributed by atoms with E-state index < -0.39 is 18.3 Å². The summed E-state index contributed by atoms with van der Waals surface area (Å²) in [4.78, 5) is 24.0. The van der Waals surface area contributed by atoms with Crippen LogP contribution in [0, 0.1) is 3.57 Å². The Hall–Kier alpha value is -4.39. The Bertz CT molecular complexity index is 2450. The summed E-state index contributed by atoms with van der Waals surface area (Å²) < 4.78 is 28.3. The summed E-state index contributed by atoms with van der Waals surface area (Å²) in [6.45, 7) is 8.33. The van der Waals surface area contributed by atoms with Crippen LogP contribution >= 0.6 is 22.6 Å². The molecule has 3 fully saturated rings. The van der Waals surface area contributed by atoms with Crippen molar-refractivity contribution < 1.29 is 28.4 Å². The first kappa shape index (κ1) is 43.7. The van der Waals surface area contributed by atoms with E-state index in [1.807, 2.05) is 49.5 Å². The van der Waals surface area contributed by atoms with Gasteiger partial charge in [-0.05, 0) is 141 Å². The Morgan fingerprint density at radius 2 is 1.07 bits per heavy atom. The van der Waals surface area contributed by atoms with Crippen molar-refractivity contribution in [2.75, 3.05) is 14.2 Å². The molecule has 8 nitrogen and oxygen atoms in total. The average Bonchev–Trinajstić information content (AvgIpc) is 4.10. The molecule has 6 aromatic rings. The van der Waals surface area contributed by atoms with Crippen molar-refractivity contribution in [2.24, 2.45) is 14.1 Å². The Morgan fingerprint density at radius 1 is 0.633 bits per heavy atom. The molecule has 4 aromatic carbocycles. The van der Waals surface area contributed by atoms with Crippen LogP contribution in [0.25, 0.3) is 33.1 Å². The smallest absolute Gasteiger partial charge is 0.465 e. The molecule has 60 heavy (non-hydrogen) atoms. The number of halogens is 1. The minimum atomic E-state index is -0.417. The summed E-state index contributed by atoms with van der Waals surface area (Å²) in [6, 6.07) is 32.6. The molecule has 2 saturated carbocycles. The lowest BCUT2D eigenvalue weighted by atomic mass is 9.77. The van der Waals surface area contributed by atoms with Crippen LogP contribution in [-0.2, 0) is 32.9 Å². The number of carbonyl (C=O) groups excluding carboxylic acids is 2. The van der Waals surface area contributed by atoms with E-state index in [2.05, 4.69) is 121 Å². The quantitative estimate of drug-likeness (QED) is 0.0940. The molecule has 3 aliphatic rings. The highest BCUT2D eigenvalue weighted by atomic mass is 127. The maximum Gasteiger partial charge on any atom is 0.512 e. The number of benzene rings is 4. The Balaban J connectivity index is 0.000000157. The van der Waals surface area contributed by atoms with Crippen molar-refractivity contribution in [1.82, 2.24) is 9.13 Å². The maximum atomic E-state index is 12.1. The zero-order valence-corrected chi connectivity index (χ0v) is 38.5. The number of hydrogen-bond acceptors (Lipinski definition) is 6. The van der Waals surface area contributed by atoms with E-state index in [9.17, 15) is 9.59 Å². The van der Waals surface area contributed by atoms with Crippen LogP contribution in [0.15, 0.2) is 97.1 Å². The number of nitrogens with zero attached hydrogens (tertiary/aromatic N) is 2. The van der Waals surface area contributed by atoms with E-state index in [1.54, 1.807) is 0 Å². The topological polar surface area (TPSA) is 80.9 Å². The number of hydrogen-bond donors (Lipinski definition) is 0. The number of aryl methyl sites for hydroxylation is 2. The molecule has 0 spiro atoms. The molecule has 0 amide bonds. The van der Waals surface area contributed by atoms with Gasteiger partial charge in [-0.1, -0.05) is 86.3 Å². The Morgan fingerprint density at radius 3 is 1.52 bits per heavy atom. The van der Waals surface area contributed by atoms with Crippen LogP contribution in [-0.4, -0.2) is 53.6 Å². The lowest BCUT2D eigenvalue weighted by molar-refractivity contribution is 0.00578. The molecule has 1 aliphatic heterocycles. The molecule has 314 valence electrons. The van der Waals surface area contributed by atoms with E-state index in [-0.39, 0.29) is 11.9 Å². The minimum absolute atomic E-state index is 0.285. The fourth-order valence-corrected chi connectivity index (χ4v) is 9.73. The predicted molar refractivity (Wildman–Crippen MR) is 251 cm³/mol. The molecule has 0 N–H and O–H groups in total. The molecule has 10 heteroatoms. The third-order valence-electron chi connectivity index (χ3n) is 13.2. The second-order valence-electron chi connectivity index (χ2n) is 17.3. The number of fused-ring (bicyclic) bond motifs is 2. The Kier molecular flexibility index (Phi) is 13.3. The summed E-state index contributed by atoms with van der Waals surface area (Å²) >= 11 is 2.28. The van der Waals surface area contributed by atoms with Gasteiger partial charge in [-0.2, -0.15) is 0 Å². The van der Waals surface area contributed by atoms with Crippen LogP contribution in [0.1, 0.15) is 123 Å². The van der Waals surface area contributed by atoms with Crippen molar-refractivity contribution in [3.05, 3.63) is 123 Å². The lowest BCUT2D eigenvalue weighted by Gasteiger charge is -2.32. The normalized spacial score (nSPS) is 17.3. The van der Waals surface area contributed by atoms with Crippen LogP contribution in [0.3, 0.4) is 0 Å². The largest absolute Gasteiger partial charge is 0.512 e. The second-order valence-corrected chi connectivity index (χ2v) is 18.6. The number of rotatable bonds is 6. The number of ether oxygens (including phenoxy) is 2. The van der Waals surface area contributed by atoms with Crippen molar-refractivity contribution in [3.63, 3.8) is 0 Å². The average molecular weight is 921 g/mol. The molecule has 9 rings (SSSR count).